The zero-order valence-electron chi connectivity index (χ0n) is 5.50. The smallest absolute Gasteiger partial charge is 0.246 e. The molecule has 0 heterocycles. The molecule has 0 atom stereocenters. The minimum atomic E-state index is 0.544. The van der Waals surface area contributed by atoms with E-state index in [0.29, 0.717) is 6.61 Å². The summed E-state index contributed by atoms with van der Waals surface area (Å²) in [7, 11) is 2.91. The molecule has 0 fully saturated rings. The minimum Gasteiger partial charge on any atom is -0.414 e. The van der Waals surface area contributed by atoms with Crippen molar-refractivity contribution in [1.82, 2.24) is 0 Å². The fourth-order valence-electron chi connectivity index (χ4n) is 0.766. The molecule has 0 bridgehead atoms. The molecule has 0 saturated carbocycles. The molecule has 10 heavy (non-hydrogen) atoms. The molecule has 0 unspecified atom stereocenters. The average Bonchev–Trinajstić information content (AvgIpc) is 1.88. The van der Waals surface area contributed by atoms with Crippen LogP contribution in [0.25, 0.3) is 0 Å². The molecule has 51 valence electrons. The summed E-state index contributed by atoms with van der Waals surface area (Å²) in [5, 5.41) is 0. The highest BCUT2D eigenvalue weighted by Crippen LogP contribution is 2.06. The first-order chi connectivity index (χ1) is 4.83. The molecule has 0 aliphatic rings. The molecule has 1 aromatic rings. The lowest BCUT2D eigenvalue weighted by Gasteiger charge is -1.98. The van der Waals surface area contributed by atoms with Crippen molar-refractivity contribution in [2.24, 2.45) is 0 Å². The van der Waals surface area contributed by atoms with Crippen LogP contribution in [0.5, 0.6) is 0 Å². The Kier molecular flexibility index (Phi) is 2.47. The zero-order chi connectivity index (χ0) is 7.40. The van der Waals surface area contributed by atoms with E-state index in [1.54, 1.807) is 0 Å². The Labute approximate surface area is 63.5 Å². The van der Waals surface area contributed by atoms with Crippen LogP contribution in [0.15, 0.2) is 24.3 Å². The number of nitrogens with two attached hydrogens (primary N) is 1. The van der Waals surface area contributed by atoms with Crippen LogP contribution in [0.2, 0.25) is 0 Å². The Morgan fingerprint density at radius 2 is 2.30 bits per heavy atom. The maximum atomic E-state index is 5.52. The van der Waals surface area contributed by atoms with E-state index in [-0.39, 0.29) is 0 Å². The van der Waals surface area contributed by atoms with Crippen LogP contribution >= 0.6 is 0 Å². The molecular formula is C7H8NOSi. The summed E-state index contributed by atoms with van der Waals surface area (Å²) < 4.78 is 4.73. The number of hydrogen-bond donors (Lipinski definition) is 1. The van der Waals surface area contributed by atoms with Crippen molar-refractivity contribution in [3.8, 4) is 0 Å². The van der Waals surface area contributed by atoms with Gasteiger partial charge in [-0.3, -0.25) is 0 Å². The third-order valence-electron chi connectivity index (χ3n) is 1.19. The summed E-state index contributed by atoms with van der Waals surface area (Å²) in [5.41, 5.74) is 7.35. The molecule has 0 aliphatic carbocycles. The Hall–Kier alpha value is -0.803. The van der Waals surface area contributed by atoms with Crippen molar-refractivity contribution in [2.75, 3.05) is 5.73 Å². The first-order valence-electron chi connectivity index (χ1n) is 2.96. The van der Waals surface area contributed by atoms with Crippen molar-refractivity contribution in [3.63, 3.8) is 0 Å². The molecule has 2 N–H and O–H groups in total. The van der Waals surface area contributed by atoms with Gasteiger partial charge in [-0.15, -0.1) is 0 Å². The van der Waals surface area contributed by atoms with Gasteiger partial charge in [0.05, 0.1) is 6.61 Å². The van der Waals surface area contributed by atoms with Crippen molar-refractivity contribution < 1.29 is 4.43 Å². The van der Waals surface area contributed by atoms with Gasteiger partial charge in [-0.25, -0.2) is 0 Å². The predicted octanol–water partition coefficient (Wildman–Crippen LogP) is 0.869. The third kappa shape index (κ3) is 1.86. The SMILES string of the molecule is Nc1cccc(CO[Si])c1. The number of hydrogen-bond acceptors (Lipinski definition) is 2. The summed E-state index contributed by atoms with van der Waals surface area (Å²) in [6, 6.07) is 7.57. The normalized spacial score (nSPS) is 9.70. The Morgan fingerprint density at radius 1 is 1.50 bits per heavy atom. The Balaban J connectivity index is 2.75. The molecule has 0 aliphatic heterocycles. The Bertz CT molecular complexity index is 215. The van der Waals surface area contributed by atoms with Gasteiger partial charge in [0.15, 0.2) is 0 Å². The predicted molar refractivity (Wildman–Crippen MR) is 41.4 cm³/mol. The minimum absolute atomic E-state index is 0.544. The summed E-state index contributed by atoms with van der Waals surface area (Å²) in [6.45, 7) is 0.544. The van der Waals surface area contributed by atoms with E-state index in [1.807, 2.05) is 24.3 Å². The quantitative estimate of drug-likeness (QED) is 0.501. The molecule has 2 nitrogen and oxygen atoms in total. The molecule has 1 rings (SSSR count). The van der Waals surface area contributed by atoms with Crippen LogP contribution in [0.4, 0.5) is 5.69 Å². The van der Waals surface area contributed by atoms with Crippen molar-refractivity contribution in [1.29, 1.82) is 0 Å². The van der Waals surface area contributed by atoms with Gasteiger partial charge in [-0.1, -0.05) is 12.1 Å². The van der Waals surface area contributed by atoms with Gasteiger partial charge >= 0.3 is 0 Å². The Morgan fingerprint density at radius 3 is 2.90 bits per heavy atom. The molecule has 0 amide bonds. The average molecular weight is 150 g/mol. The largest absolute Gasteiger partial charge is 0.414 e. The van der Waals surface area contributed by atoms with Crippen LogP contribution in [0.1, 0.15) is 5.56 Å². The second-order valence-electron chi connectivity index (χ2n) is 2.03. The van der Waals surface area contributed by atoms with Crippen molar-refractivity contribution in [3.05, 3.63) is 29.8 Å². The standard InChI is InChI=1S/C7H8NOSi/c8-7-3-1-2-6(4-7)5-9-10/h1-4H,5,8H2. The lowest BCUT2D eigenvalue weighted by atomic mass is 10.2. The van der Waals surface area contributed by atoms with Gasteiger partial charge in [-0.2, -0.15) is 0 Å². The molecule has 0 spiro atoms. The van der Waals surface area contributed by atoms with E-state index in [4.69, 9.17) is 10.2 Å². The number of rotatable bonds is 2. The maximum absolute atomic E-state index is 5.52. The van der Waals surface area contributed by atoms with Gasteiger partial charge in [0.25, 0.3) is 0 Å². The highest BCUT2D eigenvalue weighted by atomic mass is 28.2. The van der Waals surface area contributed by atoms with Gasteiger partial charge in [0.2, 0.25) is 10.5 Å². The summed E-state index contributed by atoms with van der Waals surface area (Å²) >= 11 is 0. The second-order valence-corrected chi connectivity index (χ2v) is 2.32. The van der Waals surface area contributed by atoms with Crippen molar-refractivity contribution >= 4 is 16.2 Å². The maximum Gasteiger partial charge on any atom is 0.246 e. The molecule has 3 radical (unpaired) electrons. The molecular weight excluding hydrogens is 142 g/mol. The topological polar surface area (TPSA) is 35.2 Å². The van der Waals surface area contributed by atoms with E-state index in [9.17, 15) is 0 Å². The van der Waals surface area contributed by atoms with Crippen molar-refractivity contribution in [2.45, 2.75) is 6.61 Å². The zero-order valence-corrected chi connectivity index (χ0v) is 6.50. The summed E-state index contributed by atoms with van der Waals surface area (Å²) in [5.74, 6) is 0. The van der Waals surface area contributed by atoms with Crippen LogP contribution < -0.4 is 5.73 Å². The van der Waals surface area contributed by atoms with E-state index in [2.05, 4.69) is 10.5 Å². The van der Waals surface area contributed by atoms with Crippen LogP contribution in [0.3, 0.4) is 0 Å². The van der Waals surface area contributed by atoms with Gasteiger partial charge < -0.3 is 10.2 Å². The third-order valence-corrected chi connectivity index (χ3v) is 1.33. The van der Waals surface area contributed by atoms with E-state index in [1.165, 1.54) is 0 Å². The lowest BCUT2D eigenvalue weighted by molar-refractivity contribution is 0.338. The lowest BCUT2D eigenvalue weighted by Crippen LogP contribution is -1.90. The summed E-state index contributed by atoms with van der Waals surface area (Å²) in [6.07, 6.45) is 0. The molecule has 1 aromatic carbocycles. The highest BCUT2D eigenvalue weighted by molar-refractivity contribution is 5.97. The molecule has 0 aromatic heterocycles. The molecule has 3 heteroatoms. The number of anilines is 1. The first kappa shape index (κ1) is 7.31. The van der Waals surface area contributed by atoms with Crippen LogP contribution in [0, 0.1) is 0 Å². The van der Waals surface area contributed by atoms with E-state index < -0.39 is 0 Å². The van der Waals surface area contributed by atoms with Crippen LogP contribution in [-0.4, -0.2) is 10.5 Å². The fourth-order valence-corrected chi connectivity index (χ4v) is 0.933. The fraction of sp³-hybridized carbons (Fsp3) is 0.143. The van der Waals surface area contributed by atoms with E-state index in [0.717, 1.165) is 11.3 Å². The number of nitrogen functional groups attached to an aromatic ring is 1. The highest BCUT2D eigenvalue weighted by Gasteiger charge is 1.89. The van der Waals surface area contributed by atoms with Gasteiger partial charge in [0, 0.05) is 5.69 Å². The number of benzene rings is 1. The summed E-state index contributed by atoms with van der Waals surface area (Å²) in [4.78, 5) is 0. The van der Waals surface area contributed by atoms with Crippen LogP contribution in [-0.2, 0) is 11.0 Å². The monoisotopic (exact) mass is 150 g/mol. The first-order valence-corrected chi connectivity index (χ1v) is 3.36. The van der Waals surface area contributed by atoms with Gasteiger partial charge in [0.1, 0.15) is 0 Å². The van der Waals surface area contributed by atoms with E-state index >= 15 is 0 Å². The molecule has 0 saturated heterocycles. The second kappa shape index (κ2) is 3.39. The van der Waals surface area contributed by atoms with Gasteiger partial charge in [-0.05, 0) is 17.7 Å².